The second-order valence-electron chi connectivity index (χ2n) is 12.9. The van der Waals surface area contributed by atoms with Crippen molar-refractivity contribution in [3.8, 4) is 22.5 Å². The summed E-state index contributed by atoms with van der Waals surface area (Å²) < 4.78 is 7.50. The van der Waals surface area contributed by atoms with Crippen molar-refractivity contribution in [2.24, 2.45) is 0 Å². The number of thiophene rings is 1. The van der Waals surface area contributed by atoms with Gasteiger partial charge in [-0.25, -0.2) is 0 Å². The van der Waals surface area contributed by atoms with Crippen LogP contribution >= 0.6 is 11.3 Å². The SMILES string of the molecule is c1ccc(-n2c3ccccc3c3cc(-c4ccc5sc6c(ccc7ccc8c9ccccc9n(-c9ccccc9)c8c76)c5c4)ccc32)cc1. The van der Waals surface area contributed by atoms with Crippen LogP contribution in [-0.2, 0) is 0 Å². The lowest BCUT2D eigenvalue weighted by Crippen LogP contribution is -1.93. The monoisotopic (exact) mass is 640 g/mol. The molecule has 0 aliphatic carbocycles. The van der Waals surface area contributed by atoms with Gasteiger partial charge in [-0.3, -0.25) is 0 Å². The Morgan fingerprint density at radius 1 is 0.367 bits per heavy atom. The zero-order chi connectivity index (χ0) is 32.1. The summed E-state index contributed by atoms with van der Waals surface area (Å²) in [5.41, 5.74) is 9.81. The Morgan fingerprint density at radius 2 is 0.918 bits per heavy atom. The number of benzene rings is 8. The summed E-state index contributed by atoms with van der Waals surface area (Å²) in [6.45, 7) is 0. The summed E-state index contributed by atoms with van der Waals surface area (Å²) in [7, 11) is 0. The fourth-order valence-corrected chi connectivity index (χ4v) is 9.36. The lowest BCUT2D eigenvalue weighted by atomic mass is 9.99. The number of nitrogens with zero attached hydrogens (tertiary/aromatic N) is 2. The molecule has 3 heterocycles. The molecule has 0 N–H and O–H groups in total. The van der Waals surface area contributed by atoms with E-state index in [1.165, 1.54) is 97.1 Å². The Kier molecular flexibility index (Phi) is 5.57. The van der Waals surface area contributed by atoms with E-state index in [-0.39, 0.29) is 0 Å². The van der Waals surface area contributed by atoms with Crippen LogP contribution in [0.5, 0.6) is 0 Å². The molecule has 0 amide bonds. The molecule has 11 rings (SSSR count). The number of rotatable bonds is 3. The maximum absolute atomic E-state index is 2.46. The molecule has 0 fully saturated rings. The predicted molar refractivity (Wildman–Crippen MR) is 211 cm³/mol. The third-order valence-electron chi connectivity index (χ3n) is 10.3. The standard InChI is InChI=1S/C46H28N2S/c1-3-11-32(12-4-1)47-40-17-9-8-16-35(40)38-27-30(21-25-42(38)47)31-22-26-43-39(28-31)37-24-20-29-19-23-36-34-15-7-10-18-41(34)48(33-13-5-2-6-14-33)45(36)44(29)46(37)49-43/h1-28H. The molecule has 49 heavy (non-hydrogen) atoms. The maximum Gasteiger partial charge on any atom is 0.0633 e. The van der Waals surface area contributed by atoms with Gasteiger partial charge in [0, 0.05) is 58.5 Å². The van der Waals surface area contributed by atoms with Crippen molar-refractivity contribution in [1.82, 2.24) is 9.13 Å². The van der Waals surface area contributed by atoms with E-state index < -0.39 is 0 Å². The molecular weight excluding hydrogens is 613 g/mol. The molecule has 8 aromatic carbocycles. The van der Waals surface area contributed by atoms with Gasteiger partial charge in [-0.2, -0.15) is 0 Å². The maximum atomic E-state index is 2.46. The van der Waals surface area contributed by atoms with Crippen LogP contribution in [0.1, 0.15) is 0 Å². The highest BCUT2D eigenvalue weighted by atomic mass is 32.1. The fraction of sp³-hybridized carbons (Fsp3) is 0. The summed E-state index contributed by atoms with van der Waals surface area (Å²) in [4.78, 5) is 0. The Hall–Kier alpha value is -6.16. The molecule has 0 saturated carbocycles. The summed E-state index contributed by atoms with van der Waals surface area (Å²) in [6.07, 6.45) is 0. The molecule has 0 aliphatic rings. The highest BCUT2D eigenvalue weighted by Gasteiger charge is 2.19. The van der Waals surface area contributed by atoms with Gasteiger partial charge in [0.15, 0.2) is 0 Å². The van der Waals surface area contributed by atoms with Crippen LogP contribution < -0.4 is 0 Å². The van der Waals surface area contributed by atoms with Crippen LogP contribution in [0.15, 0.2) is 170 Å². The van der Waals surface area contributed by atoms with Crippen LogP contribution in [0.25, 0.3) is 97.1 Å². The molecule has 228 valence electrons. The lowest BCUT2D eigenvalue weighted by Gasteiger charge is -2.10. The Balaban J connectivity index is 1.16. The summed E-state index contributed by atoms with van der Waals surface area (Å²) >= 11 is 1.91. The normalized spacial score (nSPS) is 12.1. The topological polar surface area (TPSA) is 9.86 Å². The van der Waals surface area contributed by atoms with Crippen LogP contribution in [-0.4, -0.2) is 9.13 Å². The minimum absolute atomic E-state index is 1.18. The second-order valence-corrected chi connectivity index (χ2v) is 14.0. The van der Waals surface area contributed by atoms with E-state index in [2.05, 4.69) is 179 Å². The number of hydrogen-bond donors (Lipinski definition) is 0. The van der Waals surface area contributed by atoms with Crippen LogP contribution in [0.2, 0.25) is 0 Å². The van der Waals surface area contributed by atoms with E-state index in [1.807, 2.05) is 11.3 Å². The van der Waals surface area contributed by atoms with Gasteiger partial charge in [0.1, 0.15) is 0 Å². The molecule has 0 saturated heterocycles. The van der Waals surface area contributed by atoms with E-state index in [0.29, 0.717) is 0 Å². The molecule has 2 nitrogen and oxygen atoms in total. The summed E-state index contributed by atoms with van der Waals surface area (Å²) in [5, 5.41) is 10.3. The van der Waals surface area contributed by atoms with Gasteiger partial charge in [0.25, 0.3) is 0 Å². The highest BCUT2D eigenvalue weighted by Crippen LogP contribution is 2.45. The predicted octanol–water partition coefficient (Wildman–Crippen LogP) is 13.1. The van der Waals surface area contributed by atoms with E-state index >= 15 is 0 Å². The van der Waals surface area contributed by atoms with Crippen molar-refractivity contribution in [2.75, 3.05) is 0 Å². The average molecular weight is 641 g/mol. The lowest BCUT2D eigenvalue weighted by molar-refractivity contribution is 1.18. The molecule has 0 unspecified atom stereocenters. The average Bonchev–Trinajstić information content (AvgIpc) is 3.82. The van der Waals surface area contributed by atoms with Crippen molar-refractivity contribution in [3.05, 3.63) is 170 Å². The molecule has 11 aromatic rings. The molecule has 0 aliphatic heterocycles. The van der Waals surface area contributed by atoms with Crippen molar-refractivity contribution < 1.29 is 0 Å². The van der Waals surface area contributed by atoms with E-state index in [1.54, 1.807) is 0 Å². The smallest absolute Gasteiger partial charge is 0.0633 e. The zero-order valence-electron chi connectivity index (χ0n) is 26.5. The number of aromatic nitrogens is 2. The van der Waals surface area contributed by atoms with Gasteiger partial charge in [-0.05, 0) is 77.2 Å². The van der Waals surface area contributed by atoms with Gasteiger partial charge >= 0.3 is 0 Å². The first-order valence-corrected chi connectivity index (χ1v) is 17.6. The van der Waals surface area contributed by atoms with Crippen LogP contribution in [0, 0.1) is 0 Å². The number of hydrogen-bond acceptors (Lipinski definition) is 1. The van der Waals surface area contributed by atoms with Crippen LogP contribution in [0.3, 0.4) is 0 Å². The van der Waals surface area contributed by atoms with Crippen LogP contribution in [0.4, 0.5) is 0 Å². The molecule has 3 aromatic heterocycles. The number of para-hydroxylation sites is 4. The third kappa shape index (κ3) is 3.82. The first-order valence-electron chi connectivity index (χ1n) is 16.8. The first kappa shape index (κ1) is 26.9. The van der Waals surface area contributed by atoms with Gasteiger partial charge in [-0.1, -0.05) is 109 Å². The molecular formula is C46H28N2S. The highest BCUT2D eigenvalue weighted by molar-refractivity contribution is 7.26. The molecule has 3 heteroatoms. The number of fused-ring (bicyclic) bond motifs is 12. The quantitative estimate of drug-likeness (QED) is 0.182. The molecule has 0 radical (unpaired) electrons. The van der Waals surface area contributed by atoms with Gasteiger partial charge in [0.05, 0.1) is 22.1 Å². The fourth-order valence-electron chi connectivity index (χ4n) is 8.12. The molecule has 0 bridgehead atoms. The van der Waals surface area contributed by atoms with Gasteiger partial charge in [-0.15, -0.1) is 11.3 Å². The second kappa shape index (κ2) is 10.2. The summed E-state index contributed by atoms with van der Waals surface area (Å²) in [5.74, 6) is 0. The minimum atomic E-state index is 1.18. The minimum Gasteiger partial charge on any atom is -0.309 e. The largest absolute Gasteiger partial charge is 0.309 e. The first-order chi connectivity index (χ1) is 24.3. The van der Waals surface area contributed by atoms with Gasteiger partial charge < -0.3 is 9.13 Å². The van der Waals surface area contributed by atoms with E-state index in [9.17, 15) is 0 Å². The van der Waals surface area contributed by atoms with Crippen molar-refractivity contribution >= 4 is 85.9 Å². The van der Waals surface area contributed by atoms with Crippen molar-refractivity contribution in [3.63, 3.8) is 0 Å². The Labute approximate surface area is 286 Å². The van der Waals surface area contributed by atoms with E-state index in [4.69, 9.17) is 0 Å². The molecule has 0 spiro atoms. The van der Waals surface area contributed by atoms with Gasteiger partial charge in [0.2, 0.25) is 0 Å². The third-order valence-corrected chi connectivity index (χ3v) is 11.5. The summed E-state index contributed by atoms with van der Waals surface area (Å²) in [6, 6.07) is 62.3. The van der Waals surface area contributed by atoms with E-state index in [0.717, 1.165) is 0 Å². The Bertz CT molecular complexity index is 3090. The van der Waals surface area contributed by atoms with Crippen molar-refractivity contribution in [1.29, 1.82) is 0 Å². The zero-order valence-corrected chi connectivity index (χ0v) is 27.3. The Morgan fingerprint density at radius 3 is 1.65 bits per heavy atom. The van der Waals surface area contributed by atoms with Crippen molar-refractivity contribution in [2.45, 2.75) is 0 Å². The molecule has 0 atom stereocenters.